The fourth-order valence-electron chi connectivity index (χ4n) is 4.90. The molecule has 1 aromatic heterocycles. The van der Waals surface area contributed by atoms with Crippen LogP contribution in [0.3, 0.4) is 0 Å². The molecule has 1 heterocycles. The Morgan fingerprint density at radius 3 is 1.02 bits per heavy atom. The highest BCUT2D eigenvalue weighted by molar-refractivity contribution is 8.37. The van der Waals surface area contributed by atoms with Crippen LogP contribution in [0.2, 0.25) is 20.1 Å². The Hall–Kier alpha value is -2.74. The zero-order chi connectivity index (χ0) is 32.6. The van der Waals surface area contributed by atoms with Crippen molar-refractivity contribution in [2.45, 2.75) is 0 Å². The molecule has 46 heavy (non-hydrogen) atoms. The number of rotatable bonds is 8. The maximum Gasteiger partial charge on any atom is 0.439 e. The van der Waals surface area contributed by atoms with Crippen molar-refractivity contribution in [1.29, 1.82) is 0 Å². The van der Waals surface area contributed by atoms with Crippen molar-refractivity contribution in [3.05, 3.63) is 141 Å². The van der Waals surface area contributed by atoms with Gasteiger partial charge in [0.05, 0.1) is 10.6 Å². The van der Waals surface area contributed by atoms with E-state index in [2.05, 4.69) is 10.2 Å². The van der Waals surface area contributed by atoms with Crippen LogP contribution in [0.5, 0.6) is 0 Å². The fraction of sp³-hybridized carbons (Fsp3) is 0. The molecule has 0 aliphatic carbocycles. The van der Waals surface area contributed by atoms with Crippen molar-refractivity contribution in [2.24, 2.45) is 0 Å². The van der Waals surface area contributed by atoms with Crippen LogP contribution in [-0.4, -0.2) is 10.2 Å². The van der Waals surface area contributed by atoms with E-state index < -0.39 is 28.6 Å². The van der Waals surface area contributed by atoms with Gasteiger partial charge in [-0.2, -0.15) is 0 Å². The summed E-state index contributed by atoms with van der Waals surface area (Å²) in [5.41, 5.74) is -0.0933. The number of nitrogens with zero attached hydrogens (tertiary/aromatic N) is 2. The minimum absolute atomic E-state index is 0.0467. The number of halogens is 4. The standard InChI is InChI=1S/C32H20Cl4N2O4P4/c33-21-5-13-25(14-6-21)43(39)45(41,27-17-9-23(35)10-18-27)31-29-3-1-2-4-30(29)32(38-37-31)46(42,28-19-11-24(36)12-20-28)44(40)26-15-7-22(34)8-16-26/h1-20H/q+2. The molecule has 228 valence electrons. The molecule has 6 nitrogen and oxygen atoms in total. The zero-order valence-electron chi connectivity index (χ0n) is 23.4. The van der Waals surface area contributed by atoms with E-state index in [4.69, 9.17) is 46.4 Å². The fourth-order valence-corrected chi connectivity index (χ4v) is 17.3. The molecule has 14 heteroatoms. The SMILES string of the molecule is O=[P+](c1ccc(Cl)cc1)P(=O)(c1ccc(Cl)cc1)c1nnc(P(=O)(c2ccc(Cl)cc2)[P+](=O)c2ccc(Cl)cc2)c2ccccc12. The Kier molecular flexibility index (Phi) is 9.67. The summed E-state index contributed by atoms with van der Waals surface area (Å²) in [6.07, 6.45) is 0. The van der Waals surface area contributed by atoms with Crippen LogP contribution in [0.4, 0.5) is 0 Å². The van der Waals surface area contributed by atoms with Gasteiger partial charge in [-0.05, 0) is 97.1 Å². The molecule has 5 aromatic carbocycles. The van der Waals surface area contributed by atoms with Crippen LogP contribution in [0.25, 0.3) is 10.8 Å². The van der Waals surface area contributed by atoms with Gasteiger partial charge in [-0.1, -0.05) is 79.8 Å². The molecule has 0 amide bonds. The molecule has 6 rings (SSSR count). The minimum Gasteiger partial charge on any atom is -0.255 e. The van der Waals surface area contributed by atoms with E-state index in [-0.39, 0.29) is 21.5 Å². The third-order valence-corrected chi connectivity index (χ3v) is 21.5. The molecular weight excluding hydrogens is 742 g/mol. The van der Waals surface area contributed by atoms with Crippen LogP contribution in [-0.2, 0) is 18.3 Å². The summed E-state index contributed by atoms with van der Waals surface area (Å²) in [4.78, 5) is 0. The highest BCUT2D eigenvalue weighted by Gasteiger charge is 2.55. The van der Waals surface area contributed by atoms with Crippen molar-refractivity contribution < 1.29 is 18.3 Å². The van der Waals surface area contributed by atoms with Crippen molar-refractivity contribution in [3.8, 4) is 0 Å². The Labute approximate surface area is 286 Å². The predicted octanol–water partition coefficient (Wildman–Crippen LogP) is 9.01. The van der Waals surface area contributed by atoms with Gasteiger partial charge in [0.15, 0.2) is 21.5 Å². The van der Waals surface area contributed by atoms with Crippen molar-refractivity contribution >= 4 is 118 Å². The maximum atomic E-state index is 15.4. The van der Waals surface area contributed by atoms with Gasteiger partial charge in [0, 0.05) is 30.9 Å². The van der Waals surface area contributed by atoms with Crippen LogP contribution < -0.4 is 32.1 Å². The largest absolute Gasteiger partial charge is 0.439 e. The maximum absolute atomic E-state index is 15.4. The molecule has 4 unspecified atom stereocenters. The first kappa shape index (κ1) is 33.2. The first-order valence-electron chi connectivity index (χ1n) is 13.5. The predicted molar refractivity (Wildman–Crippen MR) is 194 cm³/mol. The van der Waals surface area contributed by atoms with Gasteiger partial charge in [0.25, 0.3) is 0 Å². The third kappa shape index (κ3) is 6.04. The number of hydrogen-bond acceptors (Lipinski definition) is 6. The van der Waals surface area contributed by atoms with Crippen LogP contribution in [0, 0.1) is 0 Å². The zero-order valence-corrected chi connectivity index (χ0v) is 30.0. The number of aromatic nitrogens is 2. The normalized spacial score (nSPS) is 14.7. The van der Waals surface area contributed by atoms with Gasteiger partial charge in [0.1, 0.15) is 0 Å². The van der Waals surface area contributed by atoms with Crippen molar-refractivity contribution in [3.63, 3.8) is 0 Å². The summed E-state index contributed by atoms with van der Waals surface area (Å²) in [6, 6.07) is 31.6. The highest BCUT2D eigenvalue weighted by atomic mass is 35.5. The second-order valence-corrected chi connectivity index (χ2v) is 23.6. The lowest BCUT2D eigenvalue weighted by atomic mass is 10.2. The summed E-state index contributed by atoms with van der Waals surface area (Å²) >= 11 is 24.5. The summed E-state index contributed by atoms with van der Waals surface area (Å²) in [7, 11) is -5.32. The Morgan fingerprint density at radius 1 is 0.435 bits per heavy atom. The van der Waals surface area contributed by atoms with Gasteiger partial charge in [-0.15, -0.1) is 10.2 Å². The van der Waals surface area contributed by atoms with Gasteiger partial charge in [-0.3, -0.25) is 9.13 Å². The molecular formula is C32H20Cl4N2O4P4+2. The molecule has 0 saturated heterocycles. The van der Waals surface area contributed by atoms with E-state index >= 15 is 9.13 Å². The van der Waals surface area contributed by atoms with Crippen LogP contribution >= 0.6 is 75.0 Å². The summed E-state index contributed by atoms with van der Waals surface area (Å²) in [5, 5.41) is 12.2. The average Bonchev–Trinajstić information content (AvgIpc) is 3.08. The first-order chi connectivity index (χ1) is 22.0. The second kappa shape index (κ2) is 13.4. The molecule has 0 N–H and O–H groups in total. The van der Waals surface area contributed by atoms with E-state index in [9.17, 15) is 9.13 Å². The molecule has 0 fully saturated rings. The van der Waals surface area contributed by atoms with Gasteiger partial charge in [0.2, 0.25) is 0 Å². The molecule has 0 saturated carbocycles. The van der Waals surface area contributed by atoms with Crippen molar-refractivity contribution in [1.82, 2.24) is 10.2 Å². The van der Waals surface area contributed by atoms with Crippen LogP contribution in [0.15, 0.2) is 121 Å². The third-order valence-electron chi connectivity index (χ3n) is 7.18. The topological polar surface area (TPSA) is 94.1 Å². The van der Waals surface area contributed by atoms with Gasteiger partial charge < -0.3 is 0 Å². The minimum atomic E-state index is -4.12. The molecule has 0 aliphatic heterocycles. The quantitative estimate of drug-likeness (QED) is 0.144. The number of fused-ring (bicyclic) bond motifs is 1. The van der Waals surface area contributed by atoms with Crippen LogP contribution in [0.1, 0.15) is 0 Å². The Morgan fingerprint density at radius 2 is 0.717 bits per heavy atom. The number of hydrogen-bond donors (Lipinski definition) is 0. The van der Waals surface area contributed by atoms with Crippen molar-refractivity contribution in [2.75, 3.05) is 0 Å². The monoisotopic (exact) mass is 760 g/mol. The van der Waals surface area contributed by atoms with Gasteiger partial charge in [-0.25, -0.2) is 0 Å². The highest BCUT2D eigenvalue weighted by Crippen LogP contribution is 2.68. The lowest BCUT2D eigenvalue weighted by Crippen LogP contribution is -2.27. The smallest absolute Gasteiger partial charge is 0.255 e. The van der Waals surface area contributed by atoms with E-state index in [0.717, 1.165) is 0 Å². The molecule has 0 spiro atoms. The summed E-state index contributed by atoms with van der Waals surface area (Å²) < 4.78 is 59.5. The summed E-state index contributed by atoms with van der Waals surface area (Å²) in [5.74, 6) is 0. The molecule has 4 atom stereocenters. The van der Waals surface area contributed by atoms with E-state index in [1.165, 1.54) is 0 Å². The Bertz CT molecular complexity index is 2070. The molecule has 0 aliphatic rings. The Balaban J connectivity index is 1.64. The van der Waals surface area contributed by atoms with E-state index in [1.54, 1.807) is 121 Å². The second-order valence-electron chi connectivity index (χ2n) is 10.00. The summed E-state index contributed by atoms with van der Waals surface area (Å²) in [6.45, 7) is -8.23. The molecule has 0 radical (unpaired) electrons. The molecule has 0 bridgehead atoms. The first-order valence-corrected chi connectivity index (χ1v) is 22.3. The lowest BCUT2D eigenvalue weighted by molar-refractivity contribution is 0.581. The molecule has 6 aromatic rings. The average molecular weight is 762 g/mol. The van der Waals surface area contributed by atoms with E-state index in [1.807, 2.05) is 0 Å². The van der Waals surface area contributed by atoms with Gasteiger partial charge >= 0.3 is 28.6 Å². The number of benzene rings is 5. The lowest BCUT2D eigenvalue weighted by Gasteiger charge is -2.15. The van der Waals surface area contributed by atoms with E-state index in [0.29, 0.717) is 41.5 Å².